The average molecular weight is 297 g/mol. The first-order valence-electron chi connectivity index (χ1n) is 5.77. The highest BCUT2D eigenvalue weighted by Crippen LogP contribution is 2.27. The number of aromatic nitrogens is 1. The van der Waals surface area contributed by atoms with Crippen molar-refractivity contribution in [3.63, 3.8) is 0 Å². The fourth-order valence-corrected chi connectivity index (χ4v) is 3.35. The van der Waals surface area contributed by atoms with E-state index in [1.54, 1.807) is 7.11 Å². The third kappa shape index (κ3) is 3.86. The molecule has 1 N–H and O–H groups in total. The van der Waals surface area contributed by atoms with Crippen LogP contribution in [0.5, 0.6) is 5.75 Å². The van der Waals surface area contributed by atoms with Crippen LogP contribution in [0.15, 0.2) is 29.6 Å². The van der Waals surface area contributed by atoms with Crippen molar-refractivity contribution in [2.45, 2.75) is 5.75 Å². The summed E-state index contributed by atoms with van der Waals surface area (Å²) >= 11 is 1.52. The first-order valence-corrected chi connectivity index (χ1v) is 8.14. The van der Waals surface area contributed by atoms with E-state index in [4.69, 9.17) is 9.84 Å². The van der Waals surface area contributed by atoms with Gasteiger partial charge in [0.15, 0.2) is 0 Å². The number of methoxy groups -OCH3 is 1. The summed E-state index contributed by atoms with van der Waals surface area (Å²) < 4.78 is 16.7. The molecule has 0 saturated carbocycles. The van der Waals surface area contributed by atoms with Crippen LogP contribution in [0.2, 0.25) is 0 Å². The molecule has 19 heavy (non-hydrogen) atoms. The molecule has 0 amide bonds. The predicted molar refractivity (Wildman–Crippen MR) is 77.9 cm³/mol. The molecule has 6 heteroatoms. The molecule has 0 aliphatic heterocycles. The Morgan fingerprint density at radius 1 is 1.47 bits per heavy atom. The molecule has 0 aliphatic rings. The number of hydrogen-bond acceptors (Lipinski definition) is 5. The summed E-state index contributed by atoms with van der Waals surface area (Å²) in [7, 11) is 0.579. The molecule has 1 heterocycles. The standard InChI is InChI=1S/C13H15NO3S2/c1-17-12-4-2-3-10(7-12)13-14-11(8-18-13)9-19(16)6-5-15/h2-4,7-8,15H,5-6,9H2,1H3. The van der Waals surface area contributed by atoms with Gasteiger partial charge in [-0.15, -0.1) is 11.3 Å². The lowest BCUT2D eigenvalue weighted by Crippen LogP contribution is -2.04. The van der Waals surface area contributed by atoms with Crippen molar-refractivity contribution in [1.82, 2.24) is 4.98 Å². The molecule has 0 fully saturated rings. The van der Waals surface area contributed by atoms with Gasteiger partial charge in [0.1, 0.15) is 10.8 Å². The van der Waals surface area contributed by atoms with Crippen LogP contribution >= 0.6 is 11.3 Å². The summed E-state index contributed by atoms with van der Waals surface area (Å²) in [5, 5.41) is 11.5. The molecule has 1 aromatic carbocycles. The van der Waals surface area contributed by atoms with E-state index in [9.17, 15) is 4.21 Å². The minimum absolute atomic E-state index is 0.0561. The van der Waals surface area contributed by atoms with Crippen LogP contribution in [0.25, 0.3) is 10.6 Å². The van der Waals surface area contributed by atoms with Gasteiger partial charge in [-0.2, -0.15) is 0 Å². The Morgan fingerprint density at radius 2 is 2.32 bits per heavy atom. The van der Waals surface area contributed by atoms with Gasteiger partial charge in [0, 0.05) is 27.5 Å². The van der Waals surface area contributed by atoms with E-state index in [0.29, 0.717) is 11.5 Å². The fraction of sp³-hybridized carbons (Fsp3) is 0.308. The van der Waals surface area contributed by atoms with Crippen LogP contribution in [0, 0.1) is 0 Å². The molecule has 1 unspecified atom stereocenters. The molecule has 0 radical (unpaired) electrons. The van der Waals surface area contributed by atoms with Crippen LogP contribution in [0.1, 0.15) is 5.69 Å². The topological polar surface area (TPSA) is 59.4 Å². The highest BCUT2D eigenvalue weighted by molar-refractivity contribution is 7.84. The summed E-state index contributed by atoms with van der Waals surface area (Å²) in [5.41, 5.74) is 1.79. The van der Waals surface area contributed by atoms with Crippen molar-refractivity contribution in [2.75, 3.05) is 19.5 Å². The molecular weight excluding hydrogens is 282 g/mol. The second kappa shape index (κ2) is 6.79. The Labute approximate surface area is 118 Å². The largest absolute Gasteiger partial charge is 0.497 e. The van der Waals surface area contributed by atoms with Crippen molar-refractivity contribution in [3.8, 4) is 16.3 Å². The Kier molecular flexibility index (Phi) is 5.07. The van der Waals surface area contributed by atoms with Gasteiger partial charge in [-0.05, 0) is 12.1 Å². The predicted octanol–water partition coefficient (Wildman–Crippen LogP) is 2.06. The van der Waals surface area contributed by atoms with Crippen molar-refractivity contribution in [1.29, 1.82) is 0 Å². The number of aliphatic hydroxyl groups is 1. The van der Waals surface area contributed by atoms with E-state index in [1.807, 2.05) is 29.6 Å². The zero-order valence-electron chi connectivity index (χ0n) is 10.5. The SMILES string of the molecule is COc1cccc(-c2nc(CS(=O)CCO)cs2)c1. The lowest BCUT2D eigenvalue weighted by atomic mass is 10.2. The number of thiazole rings is 1. The van der Waals surface area contributed by atoms with Crippen LogP contribution in [0.4, 0.5) is 0 Å². The number of hydrogen-bond donors (Lipinski definition) is 1. The summed E-state index contributed by atoms with van der Waals surface area (Å²) in [6, 6.07) is 7.69. The highest BCUT2D eigenvalue weighted by Gasteiger charge is 2.08. The van der Waals surface area contributed by atoms with Gasteiger partial charge in [-0.1, -0.05) is 12.1 Å². The summed E-state index contributed by atoms with van der Waals surface area (Å²) in [6.45, 7) is -0.0561. The van der Waals surface area contributed by atoms with Gasteiger partial charge in [-0.25, -0.2) is 4.98 Å². The third-order valence-electron chi connectivity index (χ3n) is 2.50. The Hall–Kier alpha value is -1.24. The van der Waals surface area contributed by atoms with Gasteiger partial charge in [0.05, 0.1) is 25.2 Å². The summed E-state index contributed by atoms with van der Waals surface area (Å²) in [6.07, 6.45) is 0. The van der Waals surface area contributed by atoms with Crippen LogP contribution in [0.3, 0.4) is 0 Å². The molecule has 102 valence electrons. The second-order valence-corrected chi connectivity index (χ2v) is 6.32. The van der Waals surface area contributed by atoms with Crippen molar-refractivity contribution >= 4 is 22.1 Å². The van der Waals surface area contributed by atoms with Crippen molar-refractivity contribution < 1.29 is 14.1 Å². The smallest absolute Gasteiger partial charge is 0.123 e. The number of aliphatic hydroxyl groups excluding tert-OH is 1. The lowest BCUT2D eigenvalue weighted by molar-refractivity contribution is 0.321. The van der Waals surface area contributed by atoms with Crippen molar-refractivity contribution in [2.24, 2.45) is 0 Å². The van der Waals surface area contributed by atoms with Crippen LogP contribution < -0.4 is 4.74 Å². The van der Waals surface area contributed by atoms with Crippen LogP contribution in [-0.2, 0) is 16.6 Å². The molecule has 2 rings (SSSR count). The number of nitrogens with zero attached hydrogens (tertiary/aromatic N) is 1. The van der Waals surface area contributed by atoms with Crippen molar-refractivity contribution in [3.05, 3.63) is 35.3 Å². The Bertz CT molecular complexity index is 569. The van der Waals surface area contributed by atoms with E-state index in [0.717, 1.165) is 22.0 Å². The lowest BCUT2D eigenvalue weighted by Gasteiger charge is -2.01. The second-order valence-electron chi connectivity index (χ2n) is 3.89. The molecule has 4 nitrogen and oxygen atoms in total. The molecule has 1 aromatic heterocycles. The number of rotatable bonds is 6. The zero-order chi connectivity index (χ0) is 13.7. The Morgan fingerprint density at radius 3 is 3.05 bits per heavy atom. The molecule has 0 saturated heterocycles. The number of ether oxygens (including phenoxy) is 1. The normalized spacial score (nSPS) is 12.3. The monoisotopic (exact) mass is 297 g/mol. The maximum atomic E-state index is 11.6. The fourth-order valence-electron chi connectivity index (χ4n) is 1.60. The van der Waals surface area contributed by atoms with E-state index >= 15 is 0 Å². The maximum Gasteiger partial charge on any atom is 0.123 e. The van der Waals surface area contributed by atoms with Gasteiger partial charge < -0.3 is 9.84 Å². The first-order chi connectivity index (χ1) is 9.22. The van der Waals surface area contributed by atoms with Gasteiger partial charge in [0.2, 0.25) is 0 Å². The summed E-state index contributed by atoms with van der Waals surface area (Å²) in [4.78, 5) is 4.47. The molecule has 1 atom stereocenters. The minimum Gasteiger partial charge on any atom is -0.497 e. The van der Waals surface area contributed by atoms with E-state index in [2.05, 4.69) is 4.98 Å². The minimum atomic E-state index is -1.05. The summed E-state index contributed by atoms with van der Waals surface area (Å²) in [5.74, 6) is 1.48. The molecular formula is C13H15NO3S2. The third-order valence-corrected chi connectivity index (χ3v) is 4.69. The number of benzene rings is 1. The van der Waals surface area contributed by atoms with E-state index < -0.39 is 10.8 Å². The molecule has 0 bridgehead atoms. The maximum absolute atomic E-state index is 11.6. The van der Waals surface area contributed by atoms with Gasteiger partial charge in [-0.3, -0.25) is 4.21 Å². The average Bonchev–Trinajstić information content (AvgIpc) is 2.87. The van der Waals surface area contributed by atoms with Gasteiger partial charge in [0.25, 0.3) is 0 Å². The molecule has 0 spiro atoms. The van der Waals surface area contributed by atoms with E-state index in [1.165, 1.54) is 11.3 Å². The molecule has 2 aromatic rings. The Balaban J connectivity index is 2.13. The quantitative estimate of drug-likeness (QED) is 0.886. The van der Waals surface area contributed by atoms with E-state index in [-0.39, 0.29) is 6.61 Å². The van der Waals surface area contributed by atoms with Gasteiger partial charge >= 0.3 is 0 Å². The first kappa shape index (κ1) is 14.2. The van der Waals surface area contributed by atoms with Crippen LogP contribution in [-0.4, -0.2) is 33.8 Å². The highest BCUT2D eigenvalue weighted by atomic mass is 32.2. The zero-order valence-corrected chi connectivity index (χ0v) is 12.2. The molecule has 0 aliphatic carbocycles.